The highest BCUT2D eigenvalue weighted by Gasteiger charge is 2.34. The van der Waals surface area contributed by atoms with Crippen LogP contribution < -0.4 is 14.5 Å². The minimum atomic E-state index is -0.279. The molecule has 2 aliphatic rings. The molecule has 1 amide bonds. The number of aromatic nitrogens is 1. The molecule has 216 valence electrons. The third kappa shape index (κ3) is 5.61. The van der Waals surface area contributed by atoms with E-state index in [0.717, 1.165) is 29.2 Å². The Kier molecular flexibility index (Phi) is 8.61. The van der Waals surface area contributed by atoms with Crippen molar-refractivity contribution in [1.82, 2.24) is 14.8 Å². The minimum Gasteiger partial charge on any atom is -0.475 e. The first-order valence-corrected chi connectivity index (χ1v) is 14.4. The average Bonchev–Trinajstić information content (AvgIpc) is 2.99. The Bertz CT molecular complexity index is 1580. The summed E-state index contributed by atoms with van der Waals surface area (Å²) in [6.07, 6.45) is 2.23. The molecule has 0 radical (unpaired) electrons. The number of carbonyl (C=O) groups is 1. The molecule has 2 aliphatic heterocycles. The van der Waals surface area contributed by atoms with Gasteiger partial charge in [-0.3, -0.25) is 4.79 Å². The van der Waals surface area contributed by atoms with Gasteiger partial charge in [-0.05, 0) is 50.5 Å². The molecule has 3 aromatic rings. The monoisotopic (exact) mass is 563 g/mol. The highest BCUT2D eigenvalue weighted by molar-refractivity contribution is 5.97. The maximum Gasteiger partial charge on any atom is 0.246 e. The summed E-state index contributed by atoms with van der Waals surface area (Å²) < 4.78 is 6.17. The number of benzene rings is 2. The van der Waals surface area contributed by atoms with E-state index in [-0.39, 0.29) is 18.4 Å². The molecule has 1 atom stereocenters. The number of hydrogen-bond acceptors (Lipinski definition) is 8. The number of aryl methyl sites for hydroxylation is 1. The van der Waals surface area contributed by atoms with Crippen molar-refractivity contribution in [3.63, 3.8) is 0 Å². The summed E-state index contributed by atoms with van der Waals surface area (Å²) in [5, 5.41) is 22.3. The highest BCUT2D eigenvalue weighted by Crippen LogP contribution is 2.39. The number of ether oxygens (including phenoxy) is 1. The summed E-state index contributed by atoms with van der Waals surface area (Å²) in [6, 6.07) is 17.1. The Morgan fingerprint density at radius 3 is 2.64 bits per heavy atom. The summed E-state index contributed by atoms with van der Waals surface area (Å²) >= 11 is 0. The second-order valence-corrected chi connectivity index (χ2v) is 11.2. The Hall–Kier alpha value is -4.60. The van der Waals surface area contributed by atoms with Crippen LogP contribution in [-0.4, -0.2) is 80.2 Å². The summed E-state index contributed by atoms with van der Waals surface area (Å²) in [7, 11) is 3.95. The van der Waals surface area contributed by atoms with E-state index in [1.807, 2.05) is 19.0 Å². The van der Waals surface area contributed by atoms with Gasteiger partial charge < -0.3 is 24.3 Å². The van der Waals surface area contributed by atoms with Crippen molar-refractivity contribution in [2.45, 2.75) is 32.4 Å². The second kappa shape index (κ2) is 12.5. The number of carbonyl (C=O) groups excluding carboxylic acids is 1. The van der Waals surface area contributed by atoms with Crippen LogP contribution in [0.2, 0.25) is 0 Å². The van der Waals surface area contributed by atoms with Crippen molar-refractivity contribution in [3.8, 4) is 18.0 Å². The van der Waals surface area contributed by atoms with Crippen LogP contribution in [-0.2, 0) is 17.8 Å². The van der Waals surface area contributed by atoms with E-state index in [1.165, 1.54) is 22.4 Å². The normalized spacial score (nSPS) is 16.6. The first-order valence-electron chi connectivity index (χ1n) is 14.4. The fourth-order valence-electron chi connectivity index (χ4n) is 6.10. The molecule has 5 rings (SSSR count). The smallest absolute Gasteiger partial charge is 0.246 e. The van der Waals surface area contributed by atoms with E-state index in [4.69, 9.17) is 9.72 Å². The molecule has 0 aliphatic carbocycles. The molecule has 2 aromatic carbocycles. The number of likely N-dealkylation sites (N-methyl/N-ethyl adjacent to an activating group) is 1. The lowest BCUT2D eigenvalue weighted by Gasteiger charge is -2.42. The van der Waals surface area contributed by atoms with Crippen molar-refractivity contribution >= 4 is 28.2 Å². The first kappa shape index (κ1) is 28.9. The molecule has 3 heterocycles. The minimum absolute atomic E-state index is 0.168. The molecule has 1 saturated heterocycles. The van der Waals surface area contributed by atoms with E-state index in [2.05, 4.69) is 71.8 Å². The lowest BCUT2D eigenvalue weighted by Crippen LogP contribution is -2.55. The largest absolute Gasteiger partial charge is 0.475 e. The van der Waals surface area contributed by atoms with Gasteiger partial charge in [-0.25, -0.2) is 0 Å². The molecule has 9 nitrogen and oxygen atoms in total. The van der Waals surface area contributed by atoms with Crippen molar-refractivity contribution in [1.29, 1.82) is 10.5 Å². The Labute approximate surface area is 247 Å². The number of piperazine rings is 1. The van der Waals surface area contributed by atoms with Crippen molar-refractivity contribution in [2.24, 2.45) is 0 Å². The molecule has 0 saturated carbocycles. The van der Waals surface area contributed by atoms with E-state index in [1.54, 1.807) is 4.90 Å². The van der Waals surface area contributed by atoms with Crippen molar-refractivity contribution < 1.29 is 9.53 Å². The molecule has 1 aromatic heterocycles. The van der Waals surface area contributed by atoms with Crippen LogP contribution in [0, 0.1) is 29.6 Å². The number of pyridine rings is 1. The summed E-state index contributed by atoms with van der Waals surface area (Å²) in [6.45, 7) is 9.70. The summed E-state index contributed by atoms with van der Waals surface area (Å²) in [5.74, 6) is 0.954. The van der Waals surface area contributed by atoms with Gasteiger partial charge in [0.05, 0.1) is 18.5 Å². The van der Waals surface area contributed by atoms with Gasteiger partial charge in [-0.15, -0.1) is 0 Å². The maximum absolute atomic E-state index is 12.5. The number of fused-ring (bicyclic) bond motifs is 2. The number of nitrogens with zero attached hydrogens (tertiary/aromatic N) is 7. The Balaban J connectivity index is 1.57. The van der Waals surface area contributed by atoms with Gasteiger partial charge in [0, 0.05) is 61.5 Å². The topological polar surface area (TPSA) is 99.7 Å². The van der Waals surface area contributed by atoms with Crippen LogP contribution in [0.3, 0.4) is 0 Å². The molecule has 1 fully saturated rings. The summed E-state index contributed by atoms with van der Waals surface area (Å²) in [4.78, 5) is 25.7. The van der Waals surface area contributed by atoms with E-state index in [9.17, 15) is 15.3 Å². The van der Waals surface area contributed by atoms with E-state index < -0.39 is 0 Å². The van der Waals surface area contributed by atoms with Crippen molar-refractivity contribution in [2.75, 3.05) is 63.2 Å². The molecule has 0 spiro atoms. The van der Waals surface area contributed by atoms with Gasteiger partial charge >= 0.3 is 0 Å². The van der Waals surface area contributed by atoms with Gasteiger partial charge in [0.25, 0.3) is 0 Å². The molecule has 1 unspecified atom stereocenters. The zero-order valence-corrected chi connectivity index (χ0v) is 24.6. The van der Waals surface area contributed by atoms with Crippen LogP contribution in [0.5, 0.6) is 5.88 Å². The number of anilines is 2. The standard InChI is InChI=1S/C33H37N7O2/c1-5-30(41)40-17-16-39(21-25(40)12-14-34)32-26-13-15-38(29-11-7-10-24-9-6-8-23(2)31(24)29)22-28(26)27(20-35)33(36-32)42-19-18-37(3)4/h5-11,25H,1,12-13,15-19,21-22H2,2-4H3. The van der Waals surface area contributed by atoms with Gasteiger partial charge in [0.1, 0.15) is 24.1 Å². The SMILES string of the molecule is C=CC(=O)N1CCN(c2nc(OCCN(C)C)c(C#N)c3c2CCN(c2cccc4cccc(C)c24)C3)CC1CC#N. The zero-order chi connectivity index (χ0) is 29.8. The number of rotatable bonds is 8. The number of amides is 1. The third-order valence-electron chi connectivity index (χ3n) is 8.23. The van der Waals surface area contributed by atoms with E-state index in [0.29, 0.717) is 57.2 Å². The third-order valence-corrected chi connectivity index (χ3v) is 8.23. The predicted molar refractivity (Wildman–Crippen MR) is 165 cm³/mol. The quantitative estimate of drug-likeness (QED) is 0.379. The lowest BCUT2D eigenvalue weighted by molar-refractivity contribution is -0.128. The van der Waals surface area contributed by atoms with Gasteiger partial charge in [0.15, 0.2) is 0 Å². The van der Waals surface area contributed by atoms with Crippen LogP contribution in [0.25, 0.3) is 10.8 Å². The molecule has 42 heavy (non-hydrogen) atoms. The van der Waals surface area contributed by atoms with Gasteiger partial charge in [0.2, 0.25) is 11.8 Å². The average molecular weight is 564 g/mol. The second-order valence-electron chi connectivity index (χ2n) is 11.2. The molecule has 0 N–H and O–H groups in total. The van der Waals surface area contributed by atoms with Gasteiger partial charge in [-0.2, -0.15) is 15.5 Å². The van der Waals surface area contributed by atoms with Crippen LogP contribution in [0.4, 0.5) is 11.5 Å². The maximum atomic E-state index is 12.5. The van der Waals surface area contributed by atoms with E-state index >= 15 is 0 Å². The molecule has 9 heteroatoms. The Morgan fingerprint density at radius 1 is 1.14 bits per heavy atom. The zero-order valence-electron chi connectivity index (χ0n) is 24.6. The first-order chi connectivity index (χ1) is 20.4. The fourth-order valence-corrected chi connectivity index (χ4v) is 6.10. The van der Waals surface area contributed by atoms with Gasteiger partial charge in [-0.1, -0.05) is 36.9 Å². The number of hydrogen-bond donors (Lipinski definition) is 0. The Morgan fingerprint density at radius 2 is 1.93 bits per heavy atom. The van der Waals surface area contributed by atoms with Crippen LogP contribution >= 0.6 is 0 Å². The molecular weight excluding hydrogens is 526 g/mol. The van der Waals surface area contributed by atoms with Crippen molar-refractivity contribution in [3.05, 3.63) is 71.3 Å². The lowest BCUT2D eigenvalue weighted by atomic mass is 9.94. The molecule has 0 bridgehead atoms. The molecular formula is C33H37N7O2. The fraction of sp³-hybridized carbons (Fsp3) is 0.394. The van der Waals surface area contributed by atoms with Crippen LogP contribution in [0.1, 0.15) is 28.7 Å². The number of nitriles is 2. The summed E-state index contributed by atoms with van der Waals surface area (Å²) in [5.41, 5.74) is 4.81. The highest BCUT2D eigenvalue weighted by atomic mass is 16.5. The van der Waals surface area contributed by atoms with Crippen LogP contribution in [0.15, 0.2) is 49.1 Å². The predicted octanol–water partition coefficient (Wildman–Crippen LogP) is 4.03.